The zero-order valence-electron chi connectivity index (χ0n) is 12.7. The molecule has 0 N–H and O–H groups in total. The van der Waals surface area contributed by atoms with Gasteiger partial charge in [0.2, 0.25) is 0 Å². The van der Waals surface area contributed by atoms with Gasteiger partial charge in [-0.2, -0.15) is 0 Å². The molecule has 0 radical (unpaired) electrons. The average Bonchev–Trinajstić information content (AvgIpc) is 2.86. The fraction of sp³-hybridized carbons (Fsp3) is 0.111. The molecule has 5 heteroatoms. The van der Waals surface area contributed by atoms with E-state index in [1.807, 2.05) is 0 Å². The van der Waals surface area contributed by atoms with Gasteiger partial charge < -0.3 is 4.74 Å². The van der Waals surface area contributed by atoms with E-state index in [-0.39, 0.29) is 5.56 Å². The second kappa shape index (κ2) is 5.68. The highest BCUT2D eigenvalue weighted by Crippen LogP contribution is 2.27. The topological polar surface area (TPSA) is 48.3 Å². The Balaban J connectivity index is 2.30. The highest BCUT2D eigenvalue weighted by molar-refractivity contribution is 6.11. The fourth-order valence-electron chi connectivity index (χ4n) is 2.74. The maximum Gasteiger partial charge on any atom is 0.340 e. The number of benzene rings is 2. The molecule has 2 aromatic carbocycles. The van der Waals surface area contributed by atoms with Crippen LogP contribution < -0.4 is 0 Å². The van der Waals surface area contributed by atoms with Crippen molar-refractivity contribution in [3.05, 3.63) is 71.2 Å². The molecule has 23 heavy (non-hydrogen) atoms. The molecule has 4 nitrogen and oxygen atoms in total. The van der Waals surface area contributed by atoms with Crippen molar-refractivity contribution in [1.29, 1.82) is 0 Å². The molecular formula is C18H14FNO3. The summed E-state index contributed by atoms with van der Waals surface area (Å²) >= 11 is 0. The van der Waals surface area contributed by atoms with Gasteiger partial charge in [0.25, 0.3) is 5.91 Å². The highest BCUT2D eigenvalue weighted by atomic mass is 19.1. The third-order valence-corrected chi connectivity index (χ3v) is 3.81. The van der Waals surface area contributed by atoms with Crippen molar-refractivity contribution in [3.8, 4) is 0 Å². The maximum atomic E-state index is 14.0. The van der Waals surface area contributed by atoms with Gasteiger partial charge in [0, 0.05) is 11.1 Å². The highest BCUT2D eigenvalue weighted by Gasteiger charge is 2.25. The van der Waals surface area contributed by atoms with Crippen LogP contribution in [0.4, 0.5) is 4.39 Å². The van der Waals surface area contributed by atoms with Gasteiger partial charge in [-0.15, -0.1) is 0 Å². The summed E-state index contributed by atoms with van der Waals surface area (Å²) in [6.07, 6.45) is 0. The molecule has 0 aliphatic carbocycles. The van der Waals surface area contributed by atoms with E-state index in [1.165, 1.54) is 29.9 Å². The molecule has 1 heterocycles. The number of para-hydroxylation sites is 1. The van der Waals surface area contributed by atoms with Crippen LogP contribution in [0, 0.1) is 12.7 Å². The van der Waals surface area contributed by atoms with Crippen LogP contribution in [-0.2, 0) is 4.74 Å². The summed E-state index contributed by atoms with van der Waals surface area (Å²) < 4.78 is 20.1. The van der Waals surface area contributed by atoms with Gasteiger partial charge >= 0.3 is 5.97 Å². The lowest BCUT2D eigenvalue weighted by Crippen LogP contribution is -2.16. The quantitative estimate of drug-likeness (QED) is 0.680. The number of aromatic nitrogens is 1. The van der Waals surface area contributed by atoms with Crippen LogP contribution in [0.3, 0.4) is 0 Å². The number of fused-ring (bicyclic) bond motifs is 1. The molecule has 0 aliphatic heterocycles. The van der Waals surface area contributed by atoms with Crippen LogP contribution in [-0.4, -0.2) is 23.6 Å². The minimum absolute atomic E-state index is 0.0484. The third-order valence-electron chi connectivity index (χ3n) is 3.81. The molecular weight excluding hydrogens is 297 g/mol. The SMILES string of the molecule is COC(=O)c1c(C)n(C(=O)c2ccccc2F)c2ccccc12. The molecule has 0 saturated carbocycles. The van der Waals surface area contributed by atoms with Crippen molar-refractivity contribution in [2.75, 3.05) is 7.11 Å². The summed E-state index contributed by atoms with van der Waals surface area (Å²) in [5.74, 6) is -1.65. The lowest BCUT2D eigenvalue weighted by Gasteiger charge is -2.08. The molecule has 0 aliphatic rings. The molecule has 1 aromatic heterocycles. The molecule has 0 atom stereocenters. The minimum Gasteiger partial charge on any atom is -0.465 e. The summed E-state index contributed by atoms with van der Waals surface area (Å²) in [6, 6.07) is 12.7. The molecule has 116 valence electrons. The van der Waals surface area contributed by atoms with Gasteiger partial charge in [0.1, 0.15) is 5.82 Å². The first kappa shape index (κ1) is 15.0. The summed E-state index contributed by atoms with van der Waals surface area (Å²) in [5, 5.41) is 0.599. The third kappa shape index (κ3) is 2.30. The lowest BCUT2D eigenvalue weighted by atomic mass is 10.1. The molecule has 0 amide bonds. The Morgan fingerprint density at radius 1 is 1.04 bits per heavy atom. The maximum absolute atomic E-state index is 14.0. The van der Waals surface area contributed by atoms with E-state index >= 15 is 0 Å². The number of carbonyl (C=O) groups excluding carboxylic acids is 2. The average molecular weight is 311 g/mol. The first-order chi connectivity index (χ1) is 11.1. The van der Waals surface area contributed by atoms with Gasteiger partial charge in [0.15, 0.2) is 0 Å². The van der Waals surface area contributed by atoms with Crippen molar-refractivity contribution < 1.29 is 18.7 Å². The van der Waals surface area contributed by atoms with Gasteiger partial charge in [-0.1, -0.05) is 30.3 Å². The number of methoxy groups -OCH3 is 1. The normalized spacial score (nSPS) is 10.7. The first-order valence-corrected chi connectivity index (χ1v) is 7.04. The first-order valence-electron chi connectivity index (χ1n) is 7.04. The van der Waals surface area contributed by atoms with Crippen molar-refractivity contribution in [3.63, 3.8) is 0 Å². The molecule has 3 rings (SSSR count). The number of hydrogen-bond acceptors (Lipinski definition) is 3. The Morgan fingerprint density at radius 2 is 1.70 bits per heavy atom. The van der Waals surface area contributed by atoms with Crippen LogP contribution in [0.5, 0.6) is 0 Å². The van der Waals surface area contributed by atoms with Crippen LogP contribution in [0.2, 0.25) is 0 Å². The lowest BCUT2D eigenvalue weighted by molar-refractivity contribution is 0.0602. The van der Waals surface area contributed by atoms with E-state index in [4.69, 9.17) is 4.74 Å². The van der Waals surface area contributed by atoms with Crippen molar-refractivity contribution in [1.82, 2.24) is 4.57 Å². The van der Waals surface area contributed by atoms with Crippen molar-refractivity contribution >= 4 is 22.8 Å². The largest absolute Gasteiger partial charge is 0.465 e. The summed E-state index contributed by atoms with van der Waals surface area (Å²) in [7, 11) is 1.28. The number of nitrogens with zero attached hydrogens (tertiary/aromatic N) is 1. The van der Waals surface area contributed by atoms with E-state index in [9.17, 15) is 14.0 Å². The van der Waals surface area contributed by atoms with Crippen LogP contribution in [0.15, 0.2) is 48.5 Å². The number of carbonyl (C=O) groups is 2. The molecule has 3 aromatic rings. The molecule has 0 unspecified atom stereocenters. The Kier molecular flexibility index (Phi) is 3.70. The van der Waals surface area contributed by atoms with Crippen LogP contribution in [0.25, 0.3) is 10.9 Å². The molecule has 0 bridgehead atoms. The second-order valence-corrected chi connectivity index (χ2v) is 5.09. The predicted octanol–water partition coefficient (Wildman–Crippen LogP) is 3.56. The Labute approximate surface area is 132 Å². The van der Waals surface area contributed by atoms with Gasteiger partial charge in [-0.3, -0.25) is 9.36 Å². The van der Waals surface area contributed by atoms with E-state index < -0.39 is 17.7 Å². The van der Waals surface area contributed by atoms with E-state index in [1.54, 1.807) is 37.3 Å². The second-order valence-electron chi connectivity index (χ2n) is 5.09. The summed E-state index contributed by atoms with van der Waals surface area (Å²) in [5.41, 5.74) is 1.23. The standard InChI is InChI=1S/C18H14FNO3/c1-11-16(18(22)23-2)13-8-4-6-10-15(13)20(11)17(21)12-7-3-5-9-14(12)19/h3-10H,1-2H3. The minimum atomic E-state index is -0.603. The molecule has 0 spiro atoms. The van der Waals surface area contributed by atoms with E-state index in [2.05, 4.69) is 0 Å². The number of hydrogen-bond donors (Lipinski definition) is 0. The number of halogens is 1. The van der Waals surface area contributed by atoms with Crippen LogP contribution in [0.1, 0.15) is 26.4 Å². The molecule has 0 fully saturated rings. The molecule has 0 saturated heterocycles. The van der Waals surface area contributed by atoms with Gasteiger partial charge in [0.05, 0.1) is 23.8 Å². The zero-order chi connectivity index (χ0) is 16.6. The Hall–Kier alpha value is -2.95. The van der Waals surface area contributed by atoms with Crippen LogP contribution >= 0.6 is 0 Å². The monoisotopic (exact) mass is 311 g/mol. The van der Waals surface area contributed by atoms with Gasteiger partial charge in [-0.25, -0.2) is 9.18 Å². The summed E-state index contributed by atoms with van der Waals surface area (Å²) in [6.45, 7) is 1.64. The van der Waals surface area contributed by atoms with Gasteiger partial charge in [-0.05, 0) is 25.1 Å². The smallest absolute Gasteiger partial charge is 0.340 e. The number of rotatable bonds is 2. The van der Waals surface area contributed by atoms with E-state index in [0.717, 1.165) is 0 Å². The Morgan fingerprint density at radius 3 is 2.39 bits per heavy atom. The van der Waals surface area contributed by atoms with Crippen molar-refractivity contribution in [2.45, 2.75) is 6.92 Å². The van der Waals surface area contributed by atoms with E-state index in [0.29, 0.717) is 22.2 Å². The number of esters is 1. The zero-order valence-corrected chi connectivity index (χ0v) is 12.7. The Bertz CT molecular complexity index is 927. The number of ether oxygens (including phenoxy) is 1. The predicted molar refractivity (Wildman–Crippen MR) is 84.1 cm³/mol. The summed E-state index contributed by atoms with van der Waals surface area (Å²) in [4.78, 5) is 24.9. The fourth-order valence-corrected chi connectivity index (χ4v) is 2.74. The van der Waals surface area contributed by atoms with Crippen molar-refractivity contribution in [2.24, 2.45) is 0 Å².